The maximum atomic E-state index is 11.7. The topological polar surface area (TPSA) is 75.4 Å². The van der Waals surface area contributed by atoms with E-state index in [0.717, 1.165) is 0 Å². The van der Waals surface area contributed by atoms with Gasteiger partial charge in [0.25, 0.3) is 0 Å². The Kier molecular flexibility index (Phi) is 8.22. The van der Waals surface area contributed by atoms with Crippen LogP contribution in [0.4, 0.5) is 5.69 Å². The van der Waals surface area contributed by atoms with E-state index < -0.39 is 0 Å². The van der Waals surface area contributed by atoms with E-state index in [1.165, 1.54) is 4.90 Å². The molecule has 2 amide bonds. The molecule has 0 saturated heterocycles. The molecule has 0 aromatic heterocycles. The summed E-state index contributed by atoms with van der Waals surface area (Å²) in [5.74, 6) is -0.431. The summed E-state index contributed by atoms with van der Waals surface area (Å²) in [7, 11) is 1.57. The van der Waals surface area contributed by atoms with Crippen LogP contribution in [0.15, 0.2) is 24.3 Å². The van der Waals surface area contributed by atoms with Crippen LogP contribution >= 0.6 is 24.0 Å². The highest BCUT2D eigenvalue weighted by Gasteiger charge is 2.14. The standard InChI is InChI=1S/C13H18ClN3O2.ClH/c1-9(15)6-13(19)17(2)8-12(18)16-11-5-3-4-10(14)7-11;/h3-5,7,9H,6,8,15H2,1-2H3,(H,16,18);1H. The molecule has 1 aromatic rings. The van der Waals surface area contributed by atoms with Crippen molar-refractivity contribution in [3.8, 4) is 0 Å². The van der Waals surface area contributed by atoms with Crippen molar-refractivity contribution in [2.75, 3.05) is 18.9 Å². The van der Waals surface area contributed by atoms with Gasteiger partial charge in [0.15, 0.2) is 0 Å². The average Bonchev–Trinajstić information content (AvgIpc) is 2.27. The van der Waals surface area contributed by atoms with Crippen LogP contribution < -0.4 is 11.1 Å². The Labute approximate surface area is 129 Å². The van der Waals surface area contributed by atoms with E-state index in [1.807, 2.05) is 0 Å². The third kappa shape index (κ3) is 6.75. The van der Waals surface area contributed by atoms with Gasteiger partial charge in [-0.25, -0.2) is 0 Å². The van der Waals surface area contributed by atoms with Gasteiger partial charge in [0.05, 0.1) is 6.54 Å². The van der Waals surface area contributed by atoms with Crippen molar-refractivity contribution in [1.82, 2.24) is 4.90 Å². The Balaban J connectivity index is 0.00000361. The molecule has 5 nitrogen and oxygen atoms in total. The lowest BCUT2D eigenvalue weighted by Crippen LogP contribution is -2.37. The van der Waals surface area contributed by atoms with Crippen molar-refractivity contribution in [2.24, 2.45) is 5.73 Å². The summed E-state index contributed by atoms with van der Waals surface area (Å²) in [5, 5.41) is 3.21. The first-order valence-electron chi connectivity index (χ1n) is 5.93. The predicted molar refractivity (Wildman–Crippen MR) is 83.2 cm³/mol. The summed E-state index contributed by atoms with van der Waals surface area (Å²) < 4.78 is 0. The lowest BCUT2D eigenvalue weighted by molar-refractivity contribution is -0.133. The maximum Gasteiger partial charge on any atom is 0.243 e. The fourth-order valence-corrected chi connectivity index (χ4v) is 1.69. The Bertz CT molecular complexity index is 467. The minimum absolute atomic E-state index is 0. The van der Waals surface area contributed by atoms with E-state index in [2.05, 4.69) is 5.32 Å². The number of amides is 2. The number of rotatable bonds is 5. The smallest absolute Gasteiger partial charge is 0.243 e. The van der Waals surface area contributed by atoms with Gasteiger partial charge in [-0.15, -0.1) is 12.4 Å². The van der Waals surface area contributed by atoms with E-state index in [1.54, 1.807) is 38.2 Å². The number of benzene rings is 1. The van der Waals surface area contributed by atoms with Gasteiger partial charge in [-0.1, -0.05) is 17.7 Å². The molecular weight excluding hydrogens is 301 g/mol. The molecule has 3 N–H and O–H groups in total. The zero-order valence-electron chi connectivity index (χ0n) is 11.4. The molecule has 0 bridgehead atoms. The Morgan fingerprint density at radius 2 is 2.10 bits per heavy atom. The van der Waals surface area contributed by atoms with Gasteiger partial charge in [-0.2, -0.15) is 0 Å². The molecule has 1 aromatic carbocycles. The highest BCUT2D eigenvalue weighted by atomic mass is 35.5. The van der Waals surface area contributed by atoms with Crippen LogP contribution in [0.1, 0.15) is 13.3 Å². The molecule has 20 heavy (non-hydrogen) atoms. The molecule has 0 radical (unpaired) electrons. The van der Waals surface area contributed by atoms with Crippen molar-refractivity contribution in [1.29, 1.82) is 0 Å². The zero-order chi connectivity index (χ0) is 14.4. The third-order valence-corrected chi connectivity index (χ3v) is 2.65. The molecule has 0 saturated carbocycles. The number of carbonyl (C=O) groups is 2. The predicted octanol–water partition coefficient (Wildman–Crippen LogP) is 1.90. The SMILES string of the molecule is CC(N)CC(=O)N(C)CC(=O)Nc1cccc(Cl)c1.Cl. The fourth-order valence-electron chi connectivity index (χ4n) is 1.50. The zero-order valence-corrected chi connectivity index (χ0v) is 13.0. The largest absolute Gasteiger partial charge is 0.336 e. The molecular formula is C13H19Cl2N3O2. The molecule has 0 fully saturated rings. The number of nitrogens with zero attached hydrogens (tertiary/aromatic N) is 1. The Morgan fingerprint density at radius 1 is 1.45 bits per heavy atom. The molecule has 1 rings (SSSR count). The highest BCUT2D eigenvalue weighted by Crippen LogP contribution is 2.14. The van der Waals surface area contributed by atoms with Crippen molar-refractivity contribution in [3.05, 3.63) is 29.3 Å². The first kappa shape index (κ1) is 18.7. The third-order valence-electron chi connectivity index (χ3n) is 2.41. The summed E-state index contributed by atoms with van der Waals surface area (Å²) >= 11 is 5.81. The number of hydrogen-bond donors (Lipinski definition) is 2. The average molecular weight is 320 g/mol. The Hall–Kier alpha value is -1.30. The number of anilines is 1. The van der Waals surface area contributed by atoms with Gasteiger partial charge in [-0.3, -0.25) is 9.59 Å². The summed E-state index contributed by atoms with van der Waals surface area (Å²) in [6.07, 6.45) is 0.223. The first-order valence-corrected chi connectivity index (χ1v) is 6.31. The van der Waals surface area contributed by atoms with Crippen LogP contribution in [0.3, 0.4) is 0 Å². The van der Waals surface area contributed by atoms with Crippen LogP contribution in [0.25, 0.3) is 0 Å². The van der Waals surface area contributed by atoms with E-state index in [4.69, 9.17) is 17.3 Å². The van der Waals surface area contributed by atoms with Crippen LogP contribution in [0.5, 0.6) is 0 Å². The lowest BCUT2D eigenvalue weighted by atomic mass is 10.2. The van der Waals surface area contributed by atoms with E-state index in [-0.39, 0.29) is 43.2 Å². The van der Waals surface area contributed by atoms with Crippen LogP contribution in [-0.4, -0.2) is 36.3 Å². The van der Waals surface area contributed by atoms with Gasteiger partial charge < -0.3 is 16.0 Å². The normalized spacial score (nSPS) is 11.2. The summed E-state index contributed by atoms with van der Waals surface area (Å²) in [6.45, 7) is 1.73. The van der Waals surface area contributed by atoms with E-state index in [0.29, 0.717) is 10.7 Å². The van der Waals surface area contributed by atoms with Crippen LogP contribution in [0.2, 0.25) is 5.02 Å². The van der Waals surface area contributed by atoms with Crippen LogP contribution in [-0.2, 0) is 9.59 Å². The minimum atomic E-state index is -0.275. The quantitative estimate of drug-likeness (QED) is 0.870. The second-order valence-corrected chi connectivity index (χ2v) is 4.93. The first-order chi connectivity index (χ1) is 8.88. The minimum Gasteiger partial charge on any atom is -0.336 e. The second kappa shape index (κ2) is 8.79. The maximum absolute atomic E-state index is 11.7. The fraction of sp³-hybridized carbons (Fsp3) is 0.385. The van der Waals surface area contributed by atoms with Gasteiger partial charge in [-0.05, 0) is 25.1 Å². The lowest BCUT2D eigenvalue weighted by Gasteiger charge is -2.17. The molecule has 1 atom stereocenters. The van der Waals surface area contributed by atoms with Gasteiger partial charge in [0.2, 0.25) is 11.8 Å². The molecule has 7 heteroatoms. The summed E-state index contributed by atoms with van der Waals surface area (Å²) in [6, 6.07) is 6.61. The summed E-state index contributed by atoms with van der Waals surface area (Å²) in [4.78, 5) is 24.7. The highest BCUT2D eigenvalue weighted by molar-refractivity contribution is 6.30. The van der Waals surface area contributed by atoms with E-state index in [9.17, 15) is 9.59 Å². The van der Waals surface area contributed by atoms with Gasteiger partial charge in [0.1, 0.15) is 0 Å². The number of nitrogens with one attached hydrogen (secondary N) is 1. The molecule has 112 valence electrons. The number of carbonyl (C=O) groups excluding carboxylic acids is 2. The second-order valence-electron chi connectivity index (χ2n) is 4.49. The molecule has 1 unspecified atom stereocenters. The van der Waals surface area contributed by atoms with Gasteiger partial charge in [0, 0.05) is 30.2 Å². The molecule has 0 heterocycles. The van der Waals surface area contributed by atoms with E-state index >= 15 is 0 Å². The Morgan fingerprint density at radius 3 is 2.65 bits per heavy atom. The molecule has 0 aliphatic heterocycles. The molecule has 0 spiro atoms. The van der Waals surface area contributed by atoms with Crippen LogP contribution in [0, 0.1) is 0 Å². The van der Waals surface area contributed by atoms with Gasteiger partial charge >= 0.3 is 0 Å². The molecule has 0 aliphatic carbocycles. The number of nitrogens with two attached hydrogens (primary N) is 1. The van der Waals surface area contributed by atoms with Crippen molar-refractivity contribution in [3.63, 3.8) is 0 Å². The van der Waals surface area contributed by atoms with Crippen molar-refractivity contribution in [2.45, 2.75) is 19.4 Å². The van der Waals surface area contributed by atoms with Crippen molar-refractivity contribution < 1.29 is 9.59 Å². The molecule has 0 aliphatic rings. The summed E-state index contributed by atoms with van der Waals surface area (Å²) in [5.41, 5.74) is 6.14. The number of hydrogen-bond acceptors (Lipinski definition) is 3. The monoisotopic (exact) mass is 319 g/mol. The number of halogens is 2. The number of likely N-dealkylation sites (N-methyl/N-ethyl adjacent to an activating group) is 1. The van der Waals surface area contributed by atoms with Crippen molar-refractivity contribution >= 4 is 41.5 Å².